The van der Waals surface area contributed by atoms with Gasteiger partial charge in [0.1, 0.15) is 11.6 Å². The topological polar surface area (TPSA) is 100 Å². The zero-order valence-electron chi connectivity index (χ0n) is 12.5. The summed E-state index contributed by atoms with van der Waals surface area (Å²) < 4.78 is 0. The maximum absolute atomic E-state index is 9.93. The molecule has 0 unspecified atom stereocenters. The van der Waals surface area contributed by atoms with E-state index in [2.05, 4.69) is 10.3 Å². The van der Waals surface area contributed by atoms with Gasteiger partial charge in [-0.15, -0.1) is 0 Å². The standard InChI is InChI=1S/C17H22N4O/c18-15(12-3-1-2-4-16(12)22)9-13-14(10-21-17(13)19)11-5-7-20-8-6-11/h1-4,9-11,20-22H,5-8,18-19H2/b15-9-. The molecule has 1 fully saturated rings. The third-order valence-corrected chi connectivity index (χ3v) is 4.28. The second kappa shape index (κ2) is 6.15. The van der Waals surface area contributed by atoms with E-state index in [0.717, 1.165) is 31.5 Å². The maximum Gasteiger partial charge on any atom is 0.124 e. The molecular weight excluding hydrogens is 276 g/mol. The van der Waals surface area contributed by atoms with Crippen LogP contribution in [-0.4, -0.2) is 23.2 Å². The van der Waals surface area contributed by atoms with Gasteiger partial charge in [-0.3, -0.25) is 0 Å². The molecule has 1 aliphatic heterocycles. The Hall–Kier alpha value is -2.40. The Bertz CT molecular complexity index is 684. The molecule has 0 atom stereocenters. The second-order valence-corrected chi connectivity index (χ2v) is 5.71. The van der Waals surface area contributed by atoms with Crippen molar-refractivity contribution in [2.24, 2.45) is 5.73 Å². The van der Waals surface area contributed by atoms with Crippen molar-refractivity contribution >= 4 is 17.6 Å². The summed E-state index contributed by atoms with van der Waals surface area (Å²) in [6, 6.07) is 7.06. The summed E-state index contributed by atoms with van der Waals surface area (Å²) in [6.07, 6.45) is 6.02. The van der Waals surface area contributed by atoms with E-state index in [0.29, 0.717) is 23.0 Å². The van der Waals surface area contributed by atoms with Crippen LogP contribution >= 0.6 is 0 Å². The van der Waals surface area contributed by atoms with Crippen LogP contribution in [0, 0.1) is 0 Å². The maximum atomic E-state index is 9.93. The number of para-hydroxylation sites is 1. The monoisotopic (exact) mass is 298 g/mol. The summed E-state index contributed by atoms with van der Waals surface area (Å²) in [7, 11) is 0. The summed E-state index contributed by atoms with van der Waals surface area (Å²) >= 11 is 0. The molecular formula is C17H22N4O. The number of phenols is 1. The molecule has 3 rings (SSSR count). The Morgan fingerprint density at radius 3 is 2.68 bits per heavy atom. The van der Waals surface area contributed by atoms with Crippen molar-refractivity contribution in [3.05, 3.63) is 47.2 Å². The minimum atomic E-state index is 0.175. The van der Waals surface area contributed by atoms with E-state index in [1.807, 2.05) is 18.3 Å². The number of benzene rings is 1. The van der Waals surface area contributed by atoms with Crippen LogP contribution in [0.1, 0.15) is 35.4 Å². The molecule has 7 N–H and O–H groups in total. The van der Waals surface area contributed by atoms with Gasteiger partial charge in [-0.2, -0.15) is 0 Å². The smallest absolute Gasteiger partial charge is 0.124 e. The Morgan fingerprint density at radius 2 is 1.95 bits per heavy atom. The Morgan fingerprint density at radius 1 is 1.23 bits per heavy atom. The van der Waals surface area contributed by atoms with E-state index in [-0.39, 0.29) is 5.75 Å². The lowest BCUT2D eigenvalue weighted by molar-refractivity contribution is 0.460. The van der Waals surface area contributed by atoms with E-state index in [4.69, 9.17) is 11.5 Å². The lowest BCUT2D eigenvalue weighted by Gasteiger charge is -2.22. The Labute approximate surface area is 130 Å². The minimum Gasteiger partial charge on any atom is -0.507 e. The van der Waals surface area contributed by atoms with E-state index < -0.39 is 0 Å². The number of H-pyrrole nitrogens is 1. The lowest BCUT2D eigenvalue weighted by atomic mass is 9.89. The number of aromatic nitrogens is 1. The molecule has 22 heavy (non-hydrogen) atoms. The number of nitrogen functional groups attached to an aromatic ring is 1. The minimum absolute atomic E-state index is 0.175. The van der Waals surface area contributed by atoms with Crippen molar-refractivity contribution in [1.82, 2.24) is 10.3 Å². The lowest BCUT2D eigenvalue weighted by Crippen LogP contribution is -2.26. The molecule has 5 heteroatoms. The number of hydrogen-bond acceptors (Lipinski definition) is 4. The van der Waals surface area contributed by atoms with E-state index in [9.17, 15) is 5.11 Å². The highest BCUT2D eigenvalue weighted by Crippen LogP contribution is 2.33. The van der Waals surface area contributed by atoms with Gasteiger partial charge < -0.3 is 26.9 Å². The highest BCUT2D eigenvalue weighted by molar-refractivity contribution is 5.85. The number of phenolic OH excluding ortho intramolecular Hbond substituents is 1. The molecule has 2 aromatic rings. The number of aromatic amines is 1. The summed E-state index contributed by atoms with van der Waals surface area (Å²) in [6.45, 7) is 2.04. The number of nitrogens with one attached hydrogen (secondary N) is 2. The molecule has 0 saturated carbocycles. The SMILES string of the molecule is N/C(=C\c1c(C2CCNCC2)c[nH]c1N)c1ccccc1O. The number of piperidine rings is 1. The van der Waals surface area contributed by atoms with E-state index >= 15 is 0 Å². The zero-order chi connectivity index (χ0) is 15.5. The van der Waals surface area contributed by atoms with Gasteiger partial charge in [-0.1, -0.05) is 12.1 Å². The fourth-order valence-electron chi connectivity index (χ4n) is 3.05. The van der Waals surface area contributed by atoms with Crippen molar-refractivity contribution in [1.29, 1.82) is 0 Å². The van der Waals surface area contributed by atoms with Crippen LogP contribution in [0.15, 0.2) is 30.5 Å². The van der Waals surface area contributed by atoms with Gasteiger partial charge in [0.05, 0.1) is 0 Å². The molecule has 2 heterocycles. The summed E-state index contributed by atoms with van der Waals surface area (Å²) in [5, 5.41) is 13.3. The summed E-state index contributed by atoms with van der Waals surface area (Å²) in [5.41, 5.74) is 15.5. The molecule has 0 bridgehead atoms. The van der Waals surface area contributed by atoms with Gasteiger partial charge >= 0.3 is 0 Å². The fraction of sp³-hybridized carbons (Fsp3) is 0.294. The van der Waals surface area contributed by atoms with Crippen molar-refractivity contribution < 1.29 is 5.11 Å². The number of anilines is 1. The molecule has 0 radical (unpaired) electrons. The van der Waals surface area contributed by atoms with Gasteiger partial charge in [0.2, 0.25) is 0 Å². The van der Waals surface area contributed by atoms with Crippen LogP contribution in [0.5, 0.6) is 5.75 Å². The van der Waals surface area contributed by atoms with Gasteiger partial charge in [-0.25, -0.2) is 0 Å². The van der Waals surface area contributed by atoms with E-state index in [1.165, 1.54) is 5.56 Å². The molecule has 1 aromatic carbocycles. The van der Waals surface area contributed by atoms with Crippen LogP contribution in [-0.2, 0) is 0 Å². The quantitative estimate of drug-likeness (QED) is 0.600. The van der Waals surface area contributed by atoms with Crippen molar-refractivity contribution in [3.63, 3.8) is 0 Å². The fourth-order valence-corrected chi connectivity index (χ4v) is 3.05. The van der Waals surface area contributed by atoms with Crippen molar-refractivity contribution in [2.45, 2.75) is 18.8 Å². The predicted octanol–water partition coefficient (Wildman–Crippen LogP) is 2.23. The average molecular weight is 298 g/mol. The molecule has 1 aliphatic rings. The number of rotatable bonds is 3. The highest BCUT2D eigenvalue weighted by Gasteiger charge is 2.20. The second-order valence-electron chi connectivity index (χ2n) is 5.71. The van der Waals surface area contributed by atoms with Crippen LogP contribution in [0.2, 0.25) is 0 Å². The third kappa shape index (κ3) is 2.80. The largest absolute Gasteiger partial charge is 0.507 e. The van der Waals surface area contributed by atoms with Crippen molar-refractivity contribution in [3.8, 4) is 5.75 Å². The van der Waals surface area contributed by atoms with Crippen LogP contribution in [0.25, 0.3) is 11.8 Å². The first-order valence-electron chi connectivity index (χ1n) is 7.60. The van der Waals surface area contributed by atoms with Crippen molar-refractivity contribution in [2.75, 3.05) is 18.8 Å². The first-order chi connectivity index (χ1) is 10.7. The summed E-state index contributed by atoms with van der Waals surface area (Å²) in [5.74, 6) is 1.28. The van der Waals surface area contributed by atoms with Gasteiger partial charge in [0.15, 0.2) is 0 Å². The van der Waals surface area contributed by atoms with Crippen LogP contribution in [0.4, 0.5) is 5.82 Å². The Balaban J connectivity index is 1.96. The normalized spacial score (nSPS) is 16.8. The molecule has 1 saturated heterocycles. The van der Waals surface area contributed by atoms with Gasteiger partial charge in [-0.05, 0) is 55.6 Å². The average Bonchev–Trinajstić information content (AvgIpc) is 2.89. The third-order valence-electron chi connectivity index (χ3n) is 4.28. The number of aromatic hydroxyl groups is 1. The van der Waals surface area contributed by atoms with Gasteiger partial charge in [0, 0.05) is 23.0 Å². The Kier molecular flexibility index (Phi) is 4.06. The number of nitrogens with two attached hydrogens (primary N) is 2. The molecule has 5 nitrogen and oxygen atoms in total. The van der Waals surface area contributed by atoms with E-state index in [1.54, 1.807) is 18.2 Å². The molecule has 116 valence electrons. The first-order valence-corrected chi connectivity index (χ1v) is 7.60. The zero-order valence-corrected chi connectivity index (χ0v) is 12.5. The molecule has 0 amide bonds. The summed E-state index contributed by atoms with van der Waals surface area (Å²) in [4.78, 5) is 3.10. The molecule has 0 spiro atoms. The van der Waals surface area contributed by atoms with Crippen LogP contribution < -0.4 is 16.8 Å². The molecule has 1 aromatic heterocycles. The predicted molar refractivity (Wildman–Crippen MR) is 90.2 cm³/mol. The van der Waals surface area contributed by atoms with Gasteiger partial charge in [0.25, 0.3) is 0 Å². The number of hydrogen-bond donors (Lipinski definition) is 5. The first kappa shape index (κ1) is 14.5. The highest BCUT2D eigenvalue weighted by atomic mass is 16.3. The molecule has 0 aliphatic carbocycles. The van der Waals surface area contributed by atoms with Crippen LogP contribution in [0.3, 0.4) is 0 Å².